The summed E-state index contributed by atoms with van der Waals surface area (Å²) < 4.78 is 68.2. The third-order valence-corrected chi connectivity index (χ3v) is 16.8. The maximum absolute atomic E-state index is 13.1. The van der Waals surface area contributed by atoms with Crippen LogP contribution in [0.2, 0.25) is 0 Å². The van der Waals surface area contributed by atoms with Crippen LogP contribution in [0.15, 0.2) is 182 Å². The largest absolute Gasteiger partial charge is 0.472 e. The van der Waals surface area contributed by atoms with Crippen LogP contribution in [-0.2, 0) is 65.4 Å². The van der Waals surface area contributed by atoms with Crippen molar-refractivity contribution in [2.45, 2.75) is 277 Å². The molecule has 19 heteroatoms. The number of aliphatic hydroxyl groups excluding tert-OH is 1. The number of phosphoric ester groups is 2. The number of unbranched alkanes of at least 4 members (excludes halogenated alkanes) is 14. The maximum atomic E-state index is 13.1. The van der Waals surface area contributed by atoms with Gasteiger partial charge in [-0.2, -0.15) is 0 Å². The zero-order chi connectivity index (χ0) is 74.6. The number of aliphatic hydroxyl groups is 1. The molecule has 0 aliphatic carbocycles. The first-order chi connectivity index (χ1) is 49.7. The van der Waals surface area contributed by atoms with Crippen molar-refractivity contribution in [3.8, 4) is 0 Å². The highest BCUT2D eigenvalue weighted by Gasteiger charge is 2.30. The van der Waals surface area contributed by atoms with Crippen molar-refractivity contribution in [1.29, 1.82) is 0 Å². The Morgan fingerprint density at radius 1 is 0.294 bits per heavy atom. The molecular weight excluding hydrogens is 1330 g/mol. The van der Waals surface area contributed by atoms with E-state index in [4.69, 9.17) is 37.0 Å². The molecule has 0 saturated heterocycles. The third kappa shape index (κ3) is 72.5. The Balaban J connectivity index is 5.51. The summed E-state index contributed by atoms with van der Waals surface area (Å²) >= 11 is 0. The van der Waals surface area contributed by atoms with E-state index in [9.17, 15) is 43.2 Å². The Morgan fingerprint density at radius 2 is 0.559 bits per heavy atom. The first-order valence-corrected chi connectivity index (χ1v) is 41.0. The van der Waals surface area contributed by atoms with E-state index in [0.29, 0.717) is 32.1 Å². The fourth-order valence-corrected chi connectivity index (χ4v) is 10.8. The molecule has 0 aliphatic rings. The van der Waals surface area contributed by atoms with Gasteiger partial charge in [-0.1, -0.05) is 261 Å². The predicted molar refractivity (Wildman–Crippen MR) is 417 cm³/mol. The Kier molecular flexibility index (Phi) is 69.3. The molecule has 0 radical (unpaired) electrons. The van der Waals surface area contributed by atoms with Crippen LogP contribution in [0, 0.1) is 0 Å². The second kappa shape index (κ2) is 73.5. The van der Waals surface area contributed by atoms with Gasteiger partial charge in [0.05, 0.1) is 32.8 Å². The zero-order valence-electron chi connectivity index (χ0n) is 62.7. The Bertz CT molecular complexity index is 2650. The van der Waals surface area contributed by atoms with Gasteiger partial charge in [0.2, 0.25) is 0 Å². The Morgan fingerprint density at radius 3 is 0.922 bits per heavy atom. The van der Waals surface area contributed by atoms with E-state index in [1.165, 1.54) is 25.7 Å². The molecule has 0 aromatic rings. The first-order valence-electron chi connectivity index (χ1n) is 38.0. The van der Waals surface area contributed by atoms with Crippen LogP contribution in [0.1, 0.15) is 259 Å². The molecule has 0 aromatic heterocycles. The van der Waals surface area contributed by atoms with E-state index >= 15 is 0 Å². The van der Waals surface area contributed by atoms with Gasteiger partial charge in [-0.25, -0.2) is 9.13 Å². The molecule has 17 nitrogen and oxygen atoms in total. The molecule has 0 saturated carbocycles. The van der Waals surface area contributed by atoms with E-state index in [1.54, 1.807) is 12.2 Å². The number of hydrogen-bond acceptors (Lipinski definition) is 15. The summed E-state index contributed by atoms with van der Waals surface area (Å²) in [5.41, 5.74) is 0. The first kappa shape index (κ1) is 96.2. The monoisotopic (exact) mass is 1460 g/mol. The second-order valence-electron chi connectivity index (χ2n) is 24.5. The number of allylic oxidation sites excluding steroid dienone is 29. The highest BCUT2D eigenvalue weighted by atomic mass is 31.2. The number of esters is 4. The lowest BCUT2D eigenvalue weighted by Gasteiger charge is -2.21. The van der Waals surface area contributed by atoms with Crippen molar-refractivity contribution in [2.75, 3.05) is 39.6 Å². The summed E-state index contributed by atoms with van der Waals surface area (Å²) in [6.45, 7) is 4.26. The summed E-state index contributed by atoms with van der Waals surface area (Å²) in [6.07, 6.45) is 87.8. The second-order valence-corrected chi connectivity index (χ2v) is 27.4. The lowest BCUT2D eigenvalue weighted by Crippen LogP contribution is -2.30. The van der Waals surface area contributed by atoms with Crippen LogP contribution in [0.25, 0.3) is 0 Å². The Hall–Kier alpha value is -5.84. The van der Waals surface area contributed by atoms with E-state index < -0.39 is 97.5 Å². The molecule has 0 aliphatic heterocycles. The van der Waals surface area contributed by atoms with Gasteiger partial charge in [-0.3, -0.25) is 37.3 Å². The van der Waals surface area contributed by atoms with Gasteiger partial charge in [0.1, 0.15) is 19.3 Å². The lowest BCUT2D eigenvalue weighted by molar-refractivity contribution is -0.161. The van der Waals surface area contributed by atoms with E-state index in [1.807, 2.05) is 24.3 Å². The molecule has 0 aromatic carbocycles. The van der Waals surface area contributed by atoms with E-state index in [0.717, 1.165) is 148 Å². The highest BCUT2D eigenvalue weighted by molar-refractivity contribution is 7.47. The molecule has 5 atom stereocenters. The molecule has 0 fully saturated rings. The summed E-state index contributed by atoms with van der Waals surface area (Å²) in [4.78, 5) is 72.8. The van der Waals surface area contributed by atoms with Crippen molar-refractivity contribution in [1.82, 2.24) is 0 Å². The molecule has 102 heavy (non-hydrogen) atoms. The molecule has 0 spiro atoms. The number of hydrogen-bond donors (Lipinski definition) is 3. The van der Waals surface area contributed by atoms with Gasteiger partial charge < -0.3 is 33.8 Å². The SMILES string of the molecule is CC/C=C\C/C=C\C/C=C\C/C=C\C/C=C\CCCC(=O)OCC(COP(=O)(O)OCC(O)COP(=O)(O)OCC(COC(=O)CCCCCC/C=C\C/C=C\C/C=C\C/C=C\CC)OC(=O)CCCCCCC/C=C\CCCCCC)OC(=O)C/C=C\C/C=C\C/C=C\C/C=C\C/C=C\CC. The molecule has 0 heterocycles. The summed E-state index contributed by atoms with van der Waals surface area (Å²) in [5.74, 6) is -2.45. The minimum atomic E-state index is -5.02. The fourth-order valence-electron chi connectivity index (χ4n) is 9.20. The van der Waals surface area contributed by atoms with Crippen LogP contribution in [0.3, 0.4) is 0 Å². The normalized spacial score (nSPS) is 14.9. The summed E-state index contributed by atoms with van der Waals surface area (Å²) in [5, 5.41) is 10.6. The molecule has 0 rings (SSSR count). The number of carbonyl (C=O) groups is 4. The maximum Gasteiger partial charge on any atom is 0.472 e. The van der Waals surface area contributed by atoms with Crippen LogP contribution < -0.4 is 0 Å². The number of rotatable bonds is 69. The average Bonchev–Trinajstić information content (AvgIpc) is 0.939. The van der Waals surface area contributed by atoms with Gasteiger partial charge in [0.15, 0.2) is 12.2 Å². The van der Waals surface area contributed by atoms with Gasteiger partial charge in [-0.15, -0.1) is 0 Å². The zero-order valence-corrected chi connectivity index (χ0v) is 64.5. The number of carbonyl (C=O) groups excluding carboxylic acids is 4. The number of phosphoric acid groups is 2. The minimum absolute atomic E-state index is 0.0561. The van der Waals surface area contributed by atoms with Crippen molar-refractivity contribution >= 4 is 39.5 Å². The smallest absolute Gasteiger partial charge is 0.462 e. The molecule has 3 N–H and O–H groups in total. The summed E-state index contributed by atoms with van der Waals surface area (Å²) in [6, 6.07) is 0. The van der Waals surface area contributed by atoms with Crippen LogP contribution in [0.5, 0.6) is 0 Å². The van der Waals surface area contributed by atoms with Crippen molar-refractivity contribution in [2.24, 2.45) is 0 Å². The topological polar surface area (TPSA) is 237 Å². The van der Waals surface area contributed by atoms with Crippen LogP contribution in [-0.4, -0.2) is 96.7 Å². The van der Waals surface area contributed by atoms with Crippen molar-refractivity contribution in [3.63, 3.8) is 0 Å². The molecule has 0 bridgehead atoms. The third-order valence-electron chi connectivity index (χ3n) is 14.9. The van der Waals surface area contributed by atoms with Gasteiger partial charge in [0.25, 0.3) is 0 Å². The average molecular weight is 1460 g/mol. The number of ether oxygens (including phenoxy) is 4. The summed E-state index contributed by atoms with van der Waals surface area (Å²) in [7, 11) is -10.0. The van der Waals surface area contributed by atoms with E-state index in [-0.39, 0.29) is 25.7 Å². The highest BCUT2D eigenvalue weighted by Crippen LogP contribution is 2.45. The van der Waals surface area contributed by atoms with Gasteiger partial charge in [0, 0.05) is 19.3 Å². The van der Waals surface area contributed by atoms with Gasteiger partial charge >= 0.3 is 39.5 Å². The van der Waals surface area contributed by atoms with Crippen LogP contribution >= 0.6 is 15.6 Å². The predicted octanol–water partition coefficient (Wildman–Crippen LogP) is 22.0. The van der Waals surface area contributed by atoms with E-state index in [2.05, 4.69) is 174 Å². The standard InChI is InChI=1S/C83H132O17P2/c1-5-9-13-17-21-25-29-33-36-38-41-44-47-51-55-59-63-67-80(85)93-73-78(99-82(87)69-65-61-57-53-49-43-32-28-24-20-16-12-8-4)75-97-101(89,90)95-71-77(84)72-96-102(91,92)98-76-79(100-83(88)70-66-62-58-54-50-46-40-35-31-27-23-19-15-11-7-3)74-94-81(86)68-64-60-56-52-48-45-42-39-37-34-30-26-22-18-14-10-6-2/h9-11,13-15,21-23,25-28,32-37,40-42,44-45,50,52,54,56,62,66,77-79,84H,5-8,12,16-20,24,29-31,38-39,43,46-49,51,53,55,57-61,63-65,67-76H2,1-4H3,(H,89,90)(H,91,92)/b13-9-,14-10-,15-11-,25-21-,26-22-,27-23-,32-28-,36-33-,37-34-,40-35-,44-41-,45-42-,54-50-,56-52-,66-62-. The van der Waals surface area contributed by atoms with Crippen molar-refractivity contribution in [3.05, 3.63) is 182 Å². The van der Waals surface area contributed by atoms with Crippen molar-refractivity contribution < 1.29 is 80.2 Å². The molecule has 0 amide bonds. The fraction of sp³-hybridized carbons (Fsp3) is 0.590. The molecular formula is C83H132O17P2. The molecule has 576 valence electrons. The minimum Gasteiger partial charge on any atom is -0.462 e. The van der Waals surface area contributed by atoms with Crippen LogP contribution in [0.4, 0.5) is 0 Å². The molecule has 5 unspecified atom stereocenters. The lowest BCUT2D eigenvalue weighted by atomic mass is 10.1. The quantitative estimate of drug-likeness (QED) is 0.0169. The Labute approximate surface area is 615 Å². The van der Waals surface area contributed by atoms with Gasteiger partial charge in [-0.05, 0) is 154 Å².